The lowest BCUT2D eigenvalue weighted by Gasteiger charge is -2.19. The monoisotopic (exact) mass is 421 g/mol. The molecule has 4 N–H and O–H groups in total. The summed E-state index contributed by atoms with van der Waals surface area (Å²) in [5, 5.41) is 6.50. The molecule has 0 aromatic carbocycles. The first-order valence-electron chi connectivity index (χ1n) is 10.3. The van der Waals surface area contributed by atoms with E-state index in [0.717, 1.165) is 38.5 Å². The van der Waals surface area contributed by atoms with Gasteiger partial charge in [0.15, 0.2) is 0 Å². The van der Waals surface area contributed by atoms with E-state index in [1.165, 1.54) is 0 Å². The molecule has 2 aliphatic carbocycles. The number of alkyl carbamates (subject to hydrolysis) is 1. The van der Waals surface area contributed by atoms with Crippen LogP contribution in [0.25, 0.3) is 0 Å². The molecule has 3 fully saturated rings. The third-order valence-electron chi connectivity index (χ3n) is 6.06. The summed E-state index contributed by atoms with van der Waals surface area (Å²) in [6.07, 6.45) is 6.88. The van der Waals surface area contributed by atoms with Crippen LogP contribution in [0.5, 0.6) is 0 Å². The second kappa shape index (κ2) is 8.45. The Labute approximate surface area is 175 Å². The summed E-state index contributed by atoms with van der Waals surface area (Å²) < 4.78 is 5.60. The smallest absolute Gasteiger partial charge is 0.407 e. The average molecular weight is 422 g/mol. The maximum absolute atomic E-state index is 12.3. The Morgan fingerprint density at radius 3 is 2.90 bits per heavy atom. The highest BCUT2D eigenvalue weighted by Gasteiger charge is 2.41. The minimum absolute atomic E-state index is 0.0355. The molecule has 3 aliphatic rings. The summed E-state index contributed by atoms with van der Waals surface area (Å²) in [5.41, 5.74) is 7.04. The van der Waals surface area contributed by atoms with E-state index in [-0.39, 0.29) is 42.3 Å². The van der Waals surface area contributed by atoms with Crippen LogP contribution >= 0.6 is 11.6 Å². The number of amides is 2. The number of pyridine rings is 1. The number of halogens is 1. The van der Waals surface area contributed by atoms with Crippen molar-refractivity contribution in [1.29, 1.82) is 0 Å². The molecule has 4 rings (SSSR count). The molecule has 0 radical (unpaired) electrons. The number of hydrogen-bond donors (Lipinski definition) is 4. The van der Waals surface area contributed by atoms with Gasteiger partial charge in [-0.3, -0.25) is 15.2 Å². The van der Waals surface area contributed by atoms with Crippen LogP contribution in [-0.2, 0) is 16.0 Å². The van der Waals surface area contributed by atoms with Crippen molar-refractivity contribution < 1.29 is 14.3 Å². The fraction of sp³-hybridized carbons (Fsp3) is 0.650. The molecular formula is C20H28ClN5O3. The van der Waals surface area contributed by atoms with Gasteiger partial charge in [0.05, 0.1) is 18.3 Å². The van der Waals surface area contributed by atoms with E-state index in [1.54, 1.807) is 18.3 Å². The van der Waals surface area contributed by atoms with Crippen LogP contribution in [-0.4, -0.2) is 40.8 Å². The Kier molecular flexibility index (Phi) is 5.94. The number of carbonyl (C=O) groups excluding carboxylic acids is 2. The fourth-order valence-corrected chi connectivity index (χ4v) is 4.31. The van der Waals surface area contributed by atoms with Crippen LogP contribution in [0, 0.1) is 5.92 Å². The number of hydrogen-bond acceptors (Lipinski definition) is 6. The van der Waals surface area contributed by atoms with E-state index in [1.807, 2.05) is 6.92 Å². The van der Waals surface area contributed by atoms with Crippen LogP contribution < -0.4 is 21.5 Å². The summed E-state index contributed by atoms with van der Waals surface area (Å²) in [6.45, 7) is 2.04. The molecule has 29 heavy (non-hydrogen) atoms. The van der Waals surface area contributed by atoms with Crippen molar-refractivity contribution in [3.63, 3.8) is 0 Å². The Morgan fingerprint density at radius 1 is 1.31 bits per heavy atom. The van der Waals surface area contributed by atoms with Gasteiger partial charge in [-0.05, 0) is 63.5 Å². The zero-order chi connectivity index (χ0) is 20.4. The number of nitrogens with one attached hydrogen (secondary N) is 4. The predicted molar refractivity (Wildman–Crippen MR) is 108 cm³/mol. The molecule has 1 aromatic rings. The van der Waals surface area contributed by atoms with E-state index >= 15 is 0 Å². The van der Waals surface area contributed by atoms with Crippen LogP contribution in [0.1, 0.15) is 51.1 Å². The van der Waals surface area contributed by atoms with Crippen LogP contribution in [0.3, 0.4) is 0 Å². The van der Waals surface area contributed by atoms with Crippen molar-refractivity contribution in [2.45, 2.75) is 75.7 Å². The van der Waals surface area contributed by atoms with E-state index in [0.29, 0.717) is 16.6 Å². The number of ether oxygens (including phenoxy) is 1. The second-order valence-corrected chi connectivity index (χ2v) is 9.12. The number of nitrogens with zero attached hydrogens (tertiary/aromatic N) is 1. The topological polar surface area (TPSA) is 104 Å². The molecule has 1 aliphatic heterocycles. The van der Waals surface area contributed by atoms with Gasteiger partial charge in [-0.2, -0.15) is 0 Å². The zero-order valence-electron chi connectivity index (χ0n) is 16.5. The molecular weight excluding hydrogens is 394 g/mol. The average Bonchev–Trinajstić information content (AvgIpc) is 3.05. The standard InChI is InChI=1S/C20H28ClN5O3/c1-20(5-6-20)24-19(28)29-15-3-2-12(8-15)16-11-17(26-25-16)23-18(27)10-14-9-13(21)4-7-22-14/h4,7,9,12,15-17,25-26H,2-3,5-6,8,10-11H2,1H3,(H,23,27)(H,24,28)/t12-,15+,16?,17?/m0/s1. The third-order valence-corrected chi connectivity index (χ3v) is 6.29. The van der Waals surface area contributed by atoms with Gasteiger partial charge >= 0.3 is 6.09 Å². The van der Waals surface area contributed by atoms with Gasteiger partial charge in [0.2, 0.25) is 5.91 Å². The first-order valence-corrected chi connectivity index (χ1v) is 10.7. The van der Waals surface area contributed by atoms with E-state index in [2.05, 4.69) is 26.5 Å². The highest BCUT2D eigenvalue weighted by Crippen LogP contribution is 2.36. The predicted octanol–water partition coefficient (Wildman–Crippen LogP) is 2.03. The fourth-order valence-electron chi connectivity index (χ4n) is 4.13. The Hall–Kier alpha value is -1.90. The molecule has 4 atom stereocenters. The molecule has 1 aromatic heterocycles. The van der Waals surface area contributed by atoms with Gasteiger partial charge in [-0.15, -0.1) is 0 Å². The molecule has 158 valence electrons. The first-order chi connectivity index (χ1) is 13.9. The Bertz CT molecular complexity index is 772. The maximum atomic E-state index is 12.3. The second-order valence-electron chi connectivity index (χ2n) is 8.68. The first kappa shape index (κ1) is 20.4. The SMILES string of the molecule is CC1(NC(=O)O[C@@H]2CC[C@H](C3CC(NC(=O)Cc4cc(Cl)ccn4)NN3)C2)CC1. The van der Waals surface area contributed by atoms with Gasteiger partial charge in [0, 0.05) is 22.8 Å². The van der Waals surface area contributed by atoms with Gasteiger partial charge in [0.1, 0.15) is 6.10 Å². The Morgan fingerprint density at radius 2 is 2.14 bits per heavy atom. The van der Waals surface area contributed by atoms with Crippen LogP contribution in [0.15, 0.2) is 18.3 Å². The molecule has 2 amide bonds. The molecule has 0 spiro atoms. The van der Waals surface area contributed by atoms with Crippen molar-refractivity contribution in [3.05, 3.63) is 29.0 Å². The number of carbonyl (C=O) groups is 2. The minimum Gasteiger partial charge on any atom is -0.446 e. The lowest BCUT2D eigenvalue weighted by molar-refractivity contribution is -0.121. The Balaban J connectivity index is 1.19. The molecule has 9 heteroatoms. The van der Waals surface area contributed by atoms with Crippen LogP contribution in [0.4, 0.5) is 4.79 Å². The highest BCUT2D eigenvalue weighted by atomic mass is 35.5. The third kappa shape index (κ3) is 5.58. The number of aromatic nitrogens is 1. The van der Waals surface area contributed by atoms with Crippen molar-refractivity contribution in [3.8, 4) is 0 Å². The molecule has 0 bridgehead atoms. The van der Waals surface area contributed by atoms with Gasteiger partial charge in [-0.25, -0.2) is 10.2 Å². The van der Waals surface area contributed by atoms with E-state index < -0.39 is 0 Å². The minimum atomic E-state index is -0.298. The summed E-state index contributed by atoms with van der Waals surface area (Å²) in [4.78, 5) is 28.4. The van der Waals surface area contributed by atoms with Crippen molar-refractivity contribution in [1.82, 2.24) is 26.5 Å². The van der Waals surface area contributed by atoms with Gasteiger partial charge in [-0.1, -0.05) is 11.6 Å². The molecule has 2 heterocycles. The summed E-state index contributed by atoms with van der Waals surface area (Å²) >= 11 is 5.94. The summed E-state index contributed by atoms with van der Waals surface area (Å²) in [5.74, 6) is 0.311. The van der Waals surface area contributed by atoms with Gasteiger partial charge < -0.3 is 15.4 Å². The molecule has 2 saturated carbocycles. The van der Waals surface area contributed by atoms with Crippen molar-refractivity contribution in [2.24, 2.45) is 5.92 Å². The maximum Gasteiger partial charge on any atom is 0.407 e. The normalized spacial score (nSPS) is 30.0. The lowest BCUT2D eigenvalue weighted by Crippen LogP contribution is -2.45. The summed E-state index contributed by atoms with van der Waals surface area (Å²) in [7, 11) is 0. The van der Waals surface area contributed by atoms with E-state index in [4.69, 9.17) is 16.3 Å². The van der Waals surface area contributed by atoms with E-state index in [9.17, 15) is 9.59 Å². The van der Waals surface area contributed by atoms with Crippen molar-refractivity contribution >= 4 is 23.6 Å². The van der Waals surface area contributed by atoms with Crippen LogP contribution in [0.2, 0.25) is 5.02 Å². The molecule has 1 saturated heterocycles. The highest BCUT2D eigenvalue weighted by molar-refractivity contribution is 6.30. The largest absolute Gasteiger partial charge is 0.446 e. The quantitative estimate of drug-likeness (QED) is 0.560. The number of rotatable bonds is 6. The molecule has 2 unspecified atom stereocenters. The zero-order valence-corrected chi connectivity index (χ0v) is 17.3. The molecule has 8 nitrogen and oxygen atoms in total. The number of hydrazine groups is 1. The lowest BCUT2D eigenvalue weighted by atomic mass is 9.96. The van der Waals surface area contributed by atoms with Crippen molar-refractivity contribution in [2.75, 3.05) is 0 Å². The summed E-state index contributed by atoms with van der Waals surface area (Å²) in [6, 6.07) is 3.62. The van der Waals surface area contributed by atoms with Gasteiger partial charge in [0.25, 0.3) is 0 Å².